The number of carbonyl (C=O) groups is 2. The highest BCUT2D eigenvalue weighted by atomic mass is 32.2. The molecule has 3 aromatic rings. The molecular weight excluding hydrogens is 382 g/mol. The molecule has 3 rings (SSSR count). The van der Waals surface area contributed by atoms with E-state index in [1.807, 2.05) is 62.6 Å². The summed E-state index contributed by atoms with van der Waals surface area (Å²) in [5.74, 6) is 0.294. The van der Waals surface area contributed by atoms with Gasteiger partial charge in [0, 0.05) is 17.1 Å². The van der Waals surface area contributed by atoms with Crippen LogP contribution in [-0.2, 0) is 4.79 Å². The van der Waals surface area contributed by atoms with Crippen LogP contribution in [0.1, 0.15) is 27.9 Å². The van der Waals surface area contributed by atoms with Crippen LogP contribution < -0.4 is 10.6 Å². The largest absolute Gasteiger partial charge is 0.340 e. The van der Waals surface area contributed by atoms with E-state index in [9.17, 15) is 9.59 Å². The summed E-state index contributed by atoms with van der Waals surface area (Å²) in [6.07, 6.45) is 4.27. The molecule has 5 nitrogen and oxygen atoms in total. The zero-order valence-corrected chi connectivity index (χ0v) is 17.7. The molecule has 2 N–H and O–H groups in total. The lowest BCUT2D eigenvalue weighted by Crippen LogP contribution is -2.44. The first kappa shape index (κ1) is 20.9. The quantitative estimate of drug-likeness (QED) is 0.611. The number of aryl methyl sites for hydroxylation is 2. The normalized spacial score (nSPS) is 11.8. The van der Waals surface area contributed by atoms with Crippen molar-refractivity contribution in [3.05, 3.63) is 71.4 Å². The summed E-state index contributed by atoms with van der Waals surface area (Å²) in [5.41, 5.74) is 4.15. The summed E-state index contributed by atoms with van der Waals surface area (Å²) in [6.45, 7) is 3.93. The number of rotatable bonds is 7. The molecule has 1 heterocycles. The molecular formula is C23H25N3O2S. The first-order valence-electron chi connectivity index (χ1n) is 9.51. The molecule has 6 heteroatoms. The minimum absolute atomic E-state index is 0.228. The maximum atomic E-state index is 13.0. The van der Waals surface area contributed by atoms with Gasteiger partial charge in [0.15, 0.2) is 0 Å². The van der Waals surface area contributed by atoms with Crippen molar-refractivity contribution in [3.63, 3.8) is 0 Å². The fourth-order valence-corrected chi connectivity index (χ4v) is 3.65. The molecule has 2 amide bonds. The van der Waals surface area contributed by atoms with Crippen molar-refractivity contribution in [2.75, 3.05) is 17.3 Å². The second-order valence-electron chi connectivity index (χ2n) is 7.00. The molecule has 1 aromatic heterocycles. The standard InChI is InChI=1S/C23H25N3O2S/c1-15-6-4-7-17(14-15)22(27)26-20(11-13-29-3)23(28)25-19-10-9-16(2)21-18(19)8-5-12-24-21/h4-10,12,14,20H,11,13H2,1-3H3,(H,25,28)(H,26,27). The average molecular weight is 408 g/mol. The van der Waals surface area contributed by atoms with E-state index in [1.54, 1.807) is 24.0 Å². The number of nitrogens with zero attached hydrogens (tertiary/aromatic N) is 1. The van der Waals surface area contributed by atoms with Gasteiger partial charge < -0.3 is 10.6 Å². The van der Waals surface area contributed by atoms with Crippen LogP contribution in [0.2, 0.25) is 0 Å². The highest BCUT2D eigenvalue weighted by Crippen LogP contribution is 2.24. The molecule has 0 aliphatic carbocycles. The summed E-state index contributed by atoms with van der Waals surface area (Å²) in [7, 11) is 0. The van der Waals surface area contributed by atoms with Crippen LogP contribution >= 0.6 is 11.8 Å². The summed E-state index contributed by atoms with van der Waals surface area (Å²) < 4.78 is 0. The highest BCUT2D eigenvalue weighted by molar-refractivity contribution is 7.98. The molecule has 0 bridgehead atoms. The van der Waals surface area contributed by atoms with E-state index in [-0.39, 0.29) is 11.8 Å². The third kappa shape index (κ3) is 5.15. The first-order chi connectivity index (χ1) is 14.0. The molecule has 0 aliphatic heterocycles. The van der Waals surface area contributed by atoms with Gasteiger partial charge in [0.2, 0.25) is 5.91 Å². The topological polar surface area (TPSA) is 71.1 Å². The second kappa shape index (κ2) is 9.56. The number of benzene rings is 2. The lowest BCUT2D eigenvalue weighted by molar-refractivity contribution is -0.118. The Morgan fingerprint density at radius 2 is 1.93 bits per heavy atom. The molecule has 29 heavy (non-hydrogen) atoms. The molecule has 0 aliphatic rings. The van der Waals surface area contributed by atoms with E-state index < -0.39 is 6.04 Å². The van der Waals surface area contributed by atoms with Crippen LogP contribution in [0.5, 0.6) is 0 Å². The fraction of sp³-hybridized carbons (Fsp3) is 0.261. The predicted molar refractivity (Wildman–Crippen MR) is 121 cm³/mol. The first-order valence-corrected chi connectivity index (χ1v) is 10.9. The summed E-state index contributed by atoms with van der Waals surface area (Å²) >= 11 is 1.64. The van der Waals surface area contributed by atoms with E-state index in [0.29, 0.717) is 17.7 Å². The minimum Gasteiger partial charge on any atom is -0.340 e. The Morgan fingerprint density at radius 1 is 1.10 bits per heavy atom. The van der Waals surface area contributed by atoms with Crippen molar-refractivity contribution in [1.82, 2.24) is 10.3 Å². The fourth-order valence-electron chi connectivity index (χ4n) is 3.18. The third-order valence-electron chi connectivity index (χ3n) is 4.74. The van der Waals surface area contributed by atoms with Gasteiger partial charge in [-0.2, -0.15) is 11.8 Å². The molecule has 0 saturated heterocycles. The number of aromatic nitrogens is 1. The van der Waals surface area contributed by atoms with Crippen LogP contribution in [-0.4, -0.2) is 34.8 Å². The smallest absolute Gasteiger partial charge is 0.251 e. The Morgan fingerprint density at radius 3 is 2.69 bits per heavy atom. The van der Waals surface area contributed by atoms with Gasteiger partial charge in [-0.15, -0.1) is 0 Å². The van der Waals surface area contributed by atoms with Crippen LogP contribution in [0.25, 0.3) is 10.9 Å². The zero-order valence-electron chi connectivity index (χ0n) is 16.9. The Kier molecular flexibility index (Phi) is 6.88. The van der Waals surface area contributed by atoms with E-state index in [1.165, 1.54) is 0 Å². The van der Waals surface area contributed by atoms with Gasteiger partial charge in [-0.25, -0.2) is 0 Å². The van der Waals surface area contributed by atoms with Crippen molar-refractivity contribution in [3.8, 4) is 0 Å². The Labute approximate surface area is 175 Å². The molecule has 1 unspecified atom stereocenters. The van der Waals surface area contributed by atoms with Crippen LogP contribution in [0.15, 0.2) is 54.7 Å². The number of carbonyl (C=O) groups excluding carboxylic acids is 2. The van der Waals surface area contributed by atoms with Crippen molar-refractivity contribution in [2.24, 2.45) is 0 Å². The van der Waals surface area contributed by atoms with E-state index in [0.717, 1.165) is 27.8 Å². The van der Waals surface area contributed by atoms with Gasteiger partial charge in [0.05, 0.1) is 11.2 Å². The number of fused-ring (bicyclic) bond motifs is 1. The Hall–Kier alpha value is -2.86. The van der Waals surface area contributed by atoms with E-state index >= 15 is 0 Å². The second-order valence-corrected chi connectivity index (χ2v) is 7.98. The number of hydrogen-bond acceptors (Lipinski definition) is 4. The number of nitrogens with one attached hydrogen (secondary N) is 2. The molecule has 0 saturated carbocycles. The molecule has 150 valence electrons. The highest BCUT2D eigenvalue weighted by Gasteiger charge is 2.22. The van der Waals surface area contributed by atoms with Gasteiger partial charge in [0.25, 0.3) is 5.91 Å². The SMILES string of the molecule is CSCCC(NC(=O)c1cccc(C)c1)C(=O)Nc1ccc(C)c2ncccc12. The number of pyridine rings is 1. The van der Waals surface area contributed by atoms with Crippen molar-refractivity contribution >= 4 is 40.2 Å². The maximum Gasteiger partial charge on any atom is 0.251 e. The molecule has 2 aromatic carbocycles. The van der Waals surface area contributed by atoms with Gasteiger partial charge >= 0.3 is 0 Å². The lowest BCUT2D eigenvalue weighted by Gasteiger charge is -2.19. The van der Waals surface area contributed by atoms with Crippen molar-refractivity contribution < 1.29 is 9.59 Å². The Balaban J connectivity index is 1.81. The number of anilines is 1. The lowest BCUT2D eigenvalue weighted by atomic mass is 10.1. The number of thioether (sulfide) groups is 1. The molecule has 0 spiro atoms. The molecule has 1 atom stereocenters. The Bertz CT molecular complexity index is 1040. The third-order valence-corrected chi connectivity index (χ3v) is 5.39. The van der Waals surface area contributed by atoms with E-state index in [2.05, 4.69) is 15.6 Å². The molecule has 0 radical (unpaired) electrons. The summed E-state index contributed by atoms with van der Waals surface area (Å²) in [4.78, 5) is 30.1. The monoisotopic (exact) mass is 407 g/mol. The summed E-state index contributed by atoms with van der Waals surface area (Å²) in [6, 6.07) is 14.3. The maximum absolute atomic E-state index is 13.0. The van der Waals surface area contributed by atoms with E-state index in [4.69, 9.17) is 0 Å². The van der Waals surface area contributed by atoms with Crippen molar-refractivity contribution in [1.29, 1.82) is 0 Å². The number of amides is 2. The van der Waals surface area contributed by atoms with Crippen LogP contribution in [0.4, 0.5) is 5.69 Å². The summed E-state index contributed by atoms with van der Waals surface area (Å²) in [5, 5.41) is 6.77. The van der Waals surface area contributed by atoms with Crippen LogP contribution in [0, 0.1) is 13.8 Å². The zero-order chi connectivity index (χ0) is 20.8. The average Bonchev–Trinajstić information content (AvgIpc) is 2.73. The van der Waals surface area contributed by atoms with Gasteiger partial charge in [-0.3, -0.25) is 14.6 Å². The molecule has 0 fully saturated rings. The van der Waals surface area contributed by atoms with Gasteiger partial charge in [0.1, 0.15) is 6.04 Å². The van der Waals surface area contributed by atoms with Gasteiger partial charge in [-0.05, 0) is 68.2 Å². The van der Waals surface area contributed by atoms with Crippen LogP contribution in [0.3, 0.4) is 0 Å². The van der Waals surface area contributed by atoms with Gasteiger partial charge in [-0.1, -0.05) is 23.8 Å². The predicted octanol–water partition coefficient (Wildman–Crippen LogP) is 4.34. The number of hydrogen-bond donors (Lipinski definition) is 2. The minimum atomic E-state index is -0.622. The van der Waals surface area contributed by atoms with Crippen molar-refractivity contribution in [2.45, 2.75) is 26.3 Å².